The third-order valence-corrected chi connectivity index (χ3v) is 3.84. The molecule has 0 aliphatic heterocycles. The van der Waals surface area contributed by atoms with E-state index < -0.39 is 15.2 Å². The van der Waals surface area contributed by atoms with E-state index in [0.717, 1.165) is 13.1 Å². The predicted molar refractivity (Wildman–Crippen MR) is 78.7 cm³/mol. The van der Waals surface area contributed by atoms with Gasteiger partial charge in [0.25, 0.3) is 0 Å². The molecule has 0 rings (SSSR count). The Bertz CT molecular complexity index is 278. The van der Waals surface area contributed by atoms with Gasteiger partial charge in [-0.05, 0) is 12.8 Å². The van der Waals surface area contributed by atoms with E-state index in [4.69, 9.17) is 31.0 Å². The fraction of sp³-hybridized carbons (Fsp3) is 1.00. The van der Waals surface area contributed by atoms with Crippen LogP contribution in [-0.2, 0) is 9.13 Å². The summed E-state index contributed by atoms with van der Waals surface area (Å²) >= 11 is 0. The SMILES string of the molecule is NCCNCCN.O=P(O)(O)CCCCCP(=O)(O)O. The molecule has 11 heteroatoms. The largest absolute Gasteiger partial charge is 0.329 e. The molecule has 0 aromatic heterocycles. The highest BCUT2D eigenvalue weighted by molar-refractivity contribution is 7.52. The van der Waals surface area contributed by atoms with Gasteiger partial charge < -0.3 is 36.4 Å². The van der Waals surface area contributed by atoms with Crippen LogP contribution in [0.5, 0.6) is 0 Å². The van der Waals surface area contributed by atoms with E-state index >= 15 is 0 Å². The van der Waals surface area contributed by atoms with Gasteiger partial charge in [-0.25, -0.2) is 0 Å². The fourth-order valence-electron chi connectivity index (χ4n) is 1.14. The molecule has 0 aromatic carbocycles. The lowest BCUT2D eigenvalue weighted by Gasteiger charge is -2.04. The van der Waals surface area contributed by atoms with Gasteiger partial charge in [0.2, 0.25) is 0 Å². The summed E-state index contributed by atoms with van der Waals surface area (Å²) in [6.07, 6.45) is 0.590. The first-order valence-electron chi connectivity index (χ1n) is 6.32. The Morgan fingerprint density at radius 1 is 0.750 bits per heavy atom. The molecule has 124 valence electrons. The minimum Gasteiger partial charge on any atom is -0.329 e. The minimum absolute atomic E-state index is 0.214. The Kier molecular flexibility index (Phi) is 14.5. The number of rotatable bonds is 10. The second-order valence-corrected chi connectivity index (χ2v) is 7.72. The highest BCUT2D eigenvalue weighted by Gasteiger charge is 2.14. The molecule has 0 aliphatic rings. The highest BCUT2D eigenvalue weighted by atomic mass is 31.2. The summed E-state index contributed by atoms with van der Waals surface area (Å²) in [5, 5.41) is 3.03. The summed E-state index contributed by atoms with van der Waals surface area (Å²) in [4.78, 5) is 33.7. The lowest BCUT2D eigenvalue weighted by Crippen LogP contribution is -2.27. The molecule has 0 unspecified atom stereocenters. The second kappa shape index (κ2) is 12.9. The van der Waals surface area contributed by atoms with Crippen LogP contribution in [0.4, 0.5) is 0 Å². The second-order valence-electron chi connectivity index (χ2n) is 4.16. The molecule has 0 bridgehead atoms. The third-order valence-electron chi connectivity index (χ3n) is 2.04. The molecule has 0 amide bonds. The average molecular weight is 335 g/mol. The van der Waals surface area contributed by atoms with Crippen molar-refractivity contribution in [3.8, 4) is 0 Å². The Morgan fingerprint density at radius 2 is 1.10 bits per heavy atom. The summed E-state index contributed by atoms with van der Waals surface area (Å²) < 4.78 is 20.7. The molecule has 0 spiro atoms. The Balaban J connectivity index is 0. The lowest BCUT2D eigenvalue weighted by molar-refractivity contribution is 0.369. The number of nitrogens with two attached hydrogens (primary N) is 2. The van der Waals surface area contributed by atoms with Gasteiger partial charge in [0.05, 0.1) is 0 Å². The lowest BCUT2D eigenvalue weighted by atomic mass is 10.3. The van der Waals surface area contributed by atoms with Crippen molar-refractivity contribution in [3.63, 3.8) is 0 Å². The van der Waals surface area contributed by atoms with Gasteiger partial charge in [-0.15, -0.1) is 0 Å². The highest BCUT2D eigenvalue weighted by Crippen LogP contribution is 2.37. The molecule has 0 saturated carbocycles. The summed E-state index contributed by atoms with van der Waals surface area (Å²) in [6.45, 7) is 3.13. The van der Waals surface area contributed by atoms with Crippen molar-refractivity contribution < 1.29 is 28.7 Å². The van der Waals surface area contributed by atoms with Crippen molar-refractivity contribution in [1.29, 1.82) is 0 Å². The average Bonchev–Trinajstić information content (AvgIpc) is 2.27. The Hall–Kier alpha value is 0.180. The quantitative estimate of drug-likeness (QED) is 0.195. The number of unbranched alkanes of at least 4 members (excludes halogenated alkanes) is 2. The number of nitrogens with one attached hydrogen (secondary N) is 1. The van der Waals surface area contributed by atoms with E-state index in [-0.39, 0.29) is 12.3 Å². The van der Waals surface area contributed by atoms with Crippen LogP contribution in [0, 0.1) is 0 Å². The van der Waals surface area contributed by atoms with E-state index in [2.05, 4.69) is 5.32 Å². The van der Waals surface area contributed by atoms with Crippen LogP contribution in [0.25, 0.3) is 0 Å². The molecule has 20 heavy (non-hydrogen) atoms. The van der Waals surface area contributed by atoms with E-state index in [1.54, 1.807) is 0 Å². The smallest absolute Gasteiger partial charge is 0.325 e. The van der Waals surface area contributed by atoms with Gasteiger partial charge in [-0.1, -0.05) is 6.42 Å². The topological polar surface area (TPSA) is 179 Å². The minimum atomic E-state index is -3.94. The predicted octanol–water partition coefficient (Wildman–Crippen LogP) is -0.994. The standard InChI is InChI=1S/C5H14O6P2.C4H13N3/c6-12(7,8)4-2-1-3-5-13(9,10)11;5-1-3-7-4-2-6/h1-5H2,(H2,6,7,8)(H2,9,10,11);7H,1-6H2. The zero-order valence-electron chi connectivity index (χ0n) is 11.5. The number of hydrogen-bond acceptors (Lipinski definition) is 5. The van der Waals surface area contributed by atoms with Gasteiger partial charge in [0.1, 0.15) is 0 Å². The van der Waals surface area contributed by atoms with Gasteiger partial charge in [0, 0.05) is 38.5 Å². The molecular formula is C9H27N3O6P2. The summed E-state index contributed by atoms with van der Waals surface area (Å²) in [5.41, 5.74) is 10.3. The molecule has 0 fully saturated rings. The van der Waals surface area contributed by atoms with Gasteiger partial charge in [-0.2, -0.15) is 0 Å². The van der Waals surface area contributed by atoms with Crippen LogP contribution < -0.4 is 16.8 Å². The van der Waals surface area contributed by atoms with Crippen LogP contribution in [0.15, 0.2) is 0 Å². The first-order valence-corrected chi connectivity index (χ1v) is 9.92. The molecule has 0 saturated heterocycles. The molecular weight excluding hydrogens is 308 g/mol. The Labute approximate surface area is 119 Å². The van der Waals surface area contributed by atoms with Crippen LogP contribution in [0.3, 0.4) is 0 Å². The van der Waals surface area contributed by atoms with Crippen LogP contribution in [0.2, 0.25) is 0 Å². The zero-order chi connectivity index (χ0) is 16.1. The van der Waals surface area contributed by atoms with Crippen molar-refractivity contribution in [3.05, 3.63) is 0 Å². The van der Waals surface area contributed by atoms with Crippen molar-refractivity contribution in [1.82, 2.24) is 5.32 Å². The van der Waals surface area contributed by atoms with E-state index in [9.17, 15) is 9.13 Å². The van der Waals surface area contributed by atoms with Crippen LogP contribution in [-0.4, -0.2) is 58.1 Å². The van der Waals surface area contributed by atoms with E-state index in [0.29, 0.717) is 32.4 Å². The first kappa shape index (κ1) is 22.5. The van der Waals surface area contributed by atoms with Gasteiger partial charge >= 0.3 is 15.2 Å². The molecule has 0 radical (unpaired) electrons. The van der Waals surface area contributed by atoms with Crippen molar-refractivity contribution >= 4 is 15.2 Å². The summed E-state index contributed by atoms with van der Waals surface area (Å²) in [6, 6.07) is 0. The maximum atomic E-state index is 10.3. The molecule has 9 N–H and O–H groups in total. The summed E-state index contributed by atoms with van der Waals surface area (Å²) in [7, 11) is -7.88. The number of hydrogen-bond donors (Lipinski definition) is 7. The molecule has 0 aliphatic carbocycles. The van der Waals surface area contributed by atoms with Crippen molar-refractivity contribution in [2.75, 3.05) is 38.5 Å². The molecule has 0 aromatic rings. The van der Waals surface area contributed by atoms with E-state index in [1.165, 1.54) is 0 Å². The first-order chi connectivity index (χ1) is 9.12. The normalized spacial score (nSPS) is 11.9. The maximum absolute atomic E-state index is 10.3. The van der Waals surface area contributed by atoms with Gasteiger partial charge in [-0.3, -0.25) is 9.13 Å². The van der Waals surface area contributed by atoms with Crippen molar-refractivity contribution in [2.24, 2.45) is 11.5 Å². The van der Waals surface area contributed by atoms with Crippen molar-refractivity contribution in [2.45, 2.75) is 19.3 Å². The Morgan fingerprint density at radius 3 is 1.35 bits per heavy atom. The van der Waals surface area contributed by atoms with E-state index in [1.807, 2.05) is 0 Å². The fourth-order valence-corrected chi connectivity index (χ4v) is 2.41. The van der Waals surface area contributed by atoms with Crippen LogP contribution in [0.1, 0.15) is 19.3 Å². The summed E-state index contributed by atoms with van der Waals surface area (Å²) in [5.74, 6) is 0. The van der Waals surface area contributed by atoms with Gasteiger partial charge in [0.15, 0.2) is 0 Å². The van der Waals surface area contributed by atoms with Crippen LogP contribution >= 0.6 is 15.2 Å². The molecule has 0 atom stereocenters. The monoisotopic (exact) mass is 335 g/mol. The third kappa shape index (κ3) is 26.7. The molecule has 9 nitrogen and oxygen atoms in total. The zero-order valence-corrected chi connectivity index (χ0v) is 13.3. The molecule has 0 heterocycles. The maximum Gasteiger partial charge on any atom is 0.325 e.